The summed E-state index contributed by atoms with van der Waals surface area (Å²) < 4.78 is 0. The highest BCUT2D eigenvalue weighted by Gasteiger charge is 2.00. The van der Waals surface area contributed by atoms with Gasteiger partial charge in [-0.2, -0.15) is 0 Å². The average Bonchev–Trinajstić information content (AvgIpc) is 2.12. The van der Waals surface area contributed by atoms with Crippen LogP contribution in [0.4, 0.5) is 0 Å². The predicted octanol–water partition coefficient (Wildman–Crippen LogP) is 0.371. The third-order valence-electron chi connectivity index (χ3n) is 1.05. The molecular weight excluding hydrogens is 142 g/mol. The molecule has 0 saturated carbocycles. The summed E-state index contributed by atoms with van der Waals surface area (Å²) in [6, 6.07) is 0.366. The van der Waals surface area contributed by atoms with Crippen molar-refractivity contribution in [2.75, 3.05) is 0 Å². The van der Waals surface area contributed by atoms with E-state index in [4.69, 9.17) is 15.9 Å². The summed E-state index contributed by atoms with van der Waals surface area (Å²) in [6.45, 7) is 2.60. The summed E-state index contributed by atoms with van der Waals surface area (Å²) in [5, 5.41) is 16.2. The number of aliphatic hydroxyl groups is 2. The Bertz CT molecular complexity index is 121. The quantitative estimate of drug-likeness (QED) is 0.353. The Balaban J connectivity index is 0.000000187. The molecule has 0 saturated heterocycles. The van der Waals surface area contributed by atoms with E-state index >= 15 is 0 Å². The second-order valence-corrected chi connectivity index (χ2v) is 3.16. The lowest BCUT2D eigenvalue weighted by Gasteiger charge is -2.03. The highest BCUT2D eigenvalue weighted by Crippen LogP contribution is 2.04. The summed E-state index contributed by atoms with van der Waals surface area (Å²) in [6.07, 6.45) is 6.52. The fourth-order valence-electron chi connectivity index (χ4n) is 0.656. The molecule has 4 N–H and O–H groups in total. The van der Waals surface area contributed by atoms with E-state index in [1.165, 1.54) is 20.3 Å². The number of rotatable bonds is 0. The van der Waals surface area contributed by atoms with Gasteiger partial charge in [-0.15, -0.1) is 0 Å². The van der Waals surface area contributed by atoms with Gasteiger partial charge >= 0.3 is 0 Å². The van der Waals surface area contributed by atoms with Crippen molar-refractivity contribution in [3.63, 3.8) is 0 Å². The van der Waals surface area contributed by atoms with Crippen LogP contribution in [0.1, 0.15) is 26.7 Å². The van der Waals surface area contributed by atoms with E-state index in [1.54, 1.807) is 0 Å². The maximum Gasteiger partial charge on any atom is 0.156 e. The smallest absolute Gasteiger partial charge is 0.156 e. The molecule has 0 bridgehead atoms. The third kappa shape index (κ3) is 12.7. The van der Waals surface area contributed by atoms with Crippen molar-refractivity contribution in [3.05, 3.63) is 12.2 Å². The Morgan fingerprint density at radius 2 is 1.91 bits per heavy atom. The molecule has 1 rings (SSSR count). The predicted molar refractivity (Wildman–Crippen MR) is 44.9 cm³/mol. The van der Waals surface area contributed by atoms with Gasteiger partial charge in [-0.25, -0.2) is 0 Å². The van der Waals surface area contributed by atoms with Crippen molar-refractivity contribution >= 4 is 0 Å². The first-order valence-corrected chi connectivity index (χ1v) is 3.76. The summed E-state index contributed by atoms with van der Waals surface area (Å²) in [4.78, 5) is 0. The van der Waals surface area contributed by atoms with Gasteiger partial charge in [0.05, 0.1) is 0 Å². The van der Waals surface area contributed by atoms with Crippen LogP contribution in [0.5, 0.6) is 0 Å². The van der Waals surface area contributed by atoms with Gasteiger partial charge < -0.3 is 15.9 Å². The van der Waals surface area contributed by atoms with Gasteiger partial charge in [-0.1, -0.05) is 12.2 Å². The Labute approximate surface area is 67.5 Å². The van der Waals surface area contributed by atoms with Crippen molar-refractivity contribution in [3.8, 4) is 0 Å². The molecular formula is C8H17NO2. The molecule has 1 aliphatic carbocycles. The zero-order valence-electron chi connectivity index (χ0n) is 7.12. The lowest BCUT2D eigenvalue weighted by Crippen LogP contribution is -2.15. The SMILES string of the molecule is CC(C)(O)O.NC1C=CCC1. The summed E-state index contributed by atoms with van der Waals surface area (Å²) in [5.41, 5.74) is 5.45. The first kappa shape index (κ1) is 10.6. The van der Waals surface area contributed by atoms with Crippen LogP contribution in [0.25, 0.3) is 0 Å². The maximum atomic E-state index is 8.08. The first-order chi connectivity index (χ1) is 4.89. The lowest BCUT2D eigenvalue weighted by molar-refractivity contribution is -0.127. The largest absolute Gasteiger partial charge is 0.366 e. The fraction of sp³-hybridized carbons (Fsp3) is 0.750. The van der Waals surface area contributed by atoms with Crippen molar-refractivity contribution in [2.24, 2.45) is 5.73 Å². The fourth-order valence-corrected chi connectivity index (χ4v) is 0.656. The number of nitrogens with two attached hydrogens (primary N) is 1. The van der Waals surface area contributed by atoms with Gasteiger partial charge in [-0.3, -0.25) is 0 Å². The minimum absolute atomic E-state index is 0.366. The van der Waals surface area contributed by atoms with Crippen LogP contribution < -0.4 is 5.73 Å². The van der Waals surface area contributed by atoms with Crippen molar-refractivity contribution in [1.82, 2.24) is 0 Å². The third-order valence-corrected chi connectivity index (χ3v) is 1.05. The first-order valence-electron chi connectivity index (χ1n) is 3.76. The number of allylic oxidation sites excluding steroid dienone is 1. The maximum absolute atomic E-state index is 8.08. The van der Waals surface area contributed by atoms with Crippen LogP contribution in [-0.2, 0) is 0 Å². The molecule has 0 aromatic carbocycles. The van der Waals surface area contributed by atoms with Crippen LogP contribution in [0, 0.1) is 0 Å². The van der Waals surface area contributed by atoms with E-state index in [1.807, 2.05) is 0 Å². The van der Waals surface area contributed by atoms with Crippen LogP contribution in [-0.4, -0.2) is 22.0 Å². The van der Waals surface area contributed by atoms with Crippen LogP contribution >= 0.6 is 0 Å². The molecule has 0 heterocycles. The molecule has 1 atom stereocenters. The zero-order valence-corrected chi connectivity index (χ0v) is 7.12. The normalized spacial score (nSPS) is 22.8. The molecule has 0 spiro atoms. The van der Waals surface area contributed by atoms with Gasteiger partial charge in [0, 0.05) is 6.04 Å². The Morgan fingerprint density at radius 3 is 2.00 bits per heavy atom. The monoisotopic (exact) mass is 159 g/mol. The second kappa shape index (κ2) is 4.49. The molecule has 0 aromatic heterocycles. The summed E-state index contributed by atoms with van der Waals surface area (Å²) >= 11 is 0. The Hall–Kier alpha value is -0.380. The molecule has 66 valence electrons. The van der Waals surface area contributed by atoms with Crippen molar-refractivity contribution in [2.45, 2.75) is 38.5 Å². The van der Waals surface area contributed by atoms with E-state index in [0.717, 1.165) is 6.42 Å². The topological polar surface area (TPSA) is 66.5 Å². The van der Waals surface area contributed by atoms with E-state index in [9.17, 15) is 0 Å². The zero-order chi connectivity index (χ0) is 8.91. The van der Waals surface area contributed by atoms with Crippen molar-refractivity contribution in [1.29, 1.82) is 0 Å². The minimum atomic E-state index is -1.50. The van der Waals surface area contributed by atoms with Crippen LogP contribution in [0.15, 0.2) is 12.2 Å². The Kier molecular flexibility index (Phi) is 4.33. The minimum Gasteiger partial charge on any atom is -0.366 e. The standard InChI is InChI=1S/C5H9N.C3H8O2/c6-5-3-1-2-4-5;1-3(2,4)5/h1,3,5H,2,4,6H2;4-5H,1-2H3. The highest BCUT2D eigenvalue weighted by atomic mass is 16.5. The second-order valence-electron chi connectivity index (χ2n) is 3.16. The van der Waals surface area contributed by atoms with E-state index < -0.39 is 5.79 Å². The Morgan fingerprint density at radius 1 is 1.45 bits per heavy atom. The molecule has 3 nitrogen and oxygen atoms in total. The summed E-state index contributed by atoms with van der Waals surface area (Å²) in [5.74, 6) is -1.50. The van der Waals surface area contributed by atoms with E-state index in [-0.39, 0.29) is 0 Å². The molecule has 0 fully saturated rings. The molecule has 0 aliphatic heterocycles. The van der Waals surface area contributed by atoms with E-state index in [2.05, 4.69) is 12.2 Å². The molecule has 0 aromatic rings. The van der Waals surface area contributed by atoms with Gasteiger partial charge in [-0.05, 0) is 26.7 Å². The highest BCUT2D eigenvalue weighted by molar-refractivity contribution is 4.98. The molecule has 0 amide bonds. The van der Waals surface area contributed by atoms with Crippen LogP contribution in [0.2, 0.25) is 0 Å². The van der Waals surface area contributed by atoms with Gasteiger partial charge in [0.2, 0.25) is 0 Å². The molecule has 1 unspecified atom stereocenters. The van der Waals surface area contributed by atoms with Gasteiger partial charge in [0.15, 0.2) is 5.79 Å². The molecule has 11 heavy (non-hydrogen) atoms. The van der Waals surface area contributed by atoms with Crippen molar-refractivity contribution < 1.29 is 10.2 Å². The van der Waals surface area contributed by atoms with Crippen LogP contribution in [0.3, 0.4) is 0 Å². The average molecular weight is 159 g/mol. The lowest BCUT2D eigenvalue weighted by atomic mass is 10.3. The molecule has 0 radical (unpaired) electrons. The molecule has 1 aliphatic rings. The number of hydrogen-bond donors (Lipinski definition) is 3. The van der Waals surface area contributed by atoms with Gasteiger partial charge in [0.25, 0.3) is 0 Å². The summed E-state index contributed by atoms with van der Waals surface area (Å²) in [7, 11) is 0. The van der Waals surface area contributed by atoms with E-state index in [0.29, 0.717) is 6.04 Å². The molecule has 3 heteroatoms. The van der Waals surface area contributed by atoms with Gasteiger partial charge in [0.1, 0.15) is 0 Å². The number of hydrogen-bond acceptors (Lipinski definition) is 3.